The number of esters is 1. The van der Waals surface area contributed by atoms with Crippen molar-refractivity contribution in [2.45, 2.75) is 13.0 Å². The molecule has 1 atom stereocenters. The van der Waals surface area contributed by atoms with Gasteiger partial charge in [0.2, 0.25) is 0 Å². The summed E-state index contributed by atoms with van der Waals surface area (Å²) < 4.78 is 17.9. The normalized spacial score (nSPS) is 11.9. The molecule has 2 aromatic rings. The van der Waals surface area contributed by atoms with Gasteiger partial charge in [0.15, 0.2) is 0 Å². The molecule has 0 radical (unpaired) electrons. The summed E-state index contributed by atoms with van der Waals surface area (Å²) in [6, 6.07) is 3.96. The number of benzene rings is 1. The number of thiazole rings is 1. The van der Waals surface area contributed by atoms with E-state index in [-0.39, 0.29) is 11.6 Å². The first kappa shape index (κ1) is 13.5. The van der Waals surface area contributed by atoms with Crippen LogP contribution in [-0.4, -0.2) is 18.1 Å². The highest BCUT2D eigenvalue weighted by atomic mass is 32.1. The molecule has 0 aliphatic heterocycles. The Hall–Kier alpha value is -1.95. The Morgan fingerprint density at radius 2 is 2.32 bits per heavy atom. The van der Waals surface area contributed by atoms with Gasteiger partial charge in [0.25, 0.3) is 0 Å². The molecule has 6 heteroatoms. The minimum Gasteiger partial charge on any atom is -0.465 e. The summed E-state index contributed by atoms with van der Waals surface area (Å²) in [4.78, 5) is 16.6. The number of ether oxygens (including phenoxy) is 1. The van der Waals surface area contributed by atoms with E-state index >= 15 is 0 Å². The van der Waals surface area contributed by atoms with Crippen LogP contribution < -0.4 is 5.32 Å². The van der Waals surface area contributed by atoms with E-state index in [0.29, 0.717) is 5.69 Å². The van der Waals surface area contributed by atoms with Crippen LogP contribution in [0.25, 0.3) is 0 Å². The topological polar surface area (TPSA) is 51.2 Å². The molecular formula is C13H13FN2O2S. The minimum atomic E-state index is -0.571. The van der Waals surface area contributed by atoms with E-state index in [0.717, 1.165) is 10.9 Å². The van der Waals surface area contributed by atoms with Crippen LogP contribution in [0, 0.1) is 5.82 Å². The summed E-state index contributed by atoms with van der Waals surface area (Å²) in [5, 5.41) is 3.16. The molecule has 1 aromatic carbocycles. The Bertz CT molecular complexity index is 572. The molecule has 0 aliphatic carbocycles. The first-order valence-electron chi connectivity index (χ1n) is 5.64. The highest BCUT2D eigenvalue weighted by molar-refractivity contribution is 7.09. The summed E-state index contributed by atoms with van der Waals surface area (Å²) in [6.07, 6.45) is 1.75. The summed E-state index contributed by atoms with van der Waals surface area (Å²) in [7, 11) is 1.27. The second-order valence-corrected chi connectivity index (χ2v) is 4.87. The first-order valence-corrected chi connectivity index (χ1v) is 6.52. The van der Waals surface area contributed by atoms with Crippen molar-refractivity contribution in [3.63, 3.8) is 0 Å². The van der Waals surface area contributed by atoms with Crippen molar-refractivity contribution < 1.29 is 13.9 Å². The summed E-state index contributed by atoms with van der Waals surface area (Å²) >= 11 is 1.51. The van der Waals surface area contributed by atoms with Crippen LogP contribution in [0.4, 0.5) is 10.1 Å². The molecule has 1 unspecified atom stereocenters. The van der Waals surface area contributed by atoms with Gasteiger partial charge in [-0.15, -0.1) is 11.3 Å². The lowest BCUT2D eigenvalue weighted by Crippen LogP contribution is -2.11. The fourth-order valence-corrected chi connectivity index (χ4v) is 2.29. The van der Waals surface area contributed by atoms with Crippen LogP contribution in [0.1, 0.15) is 28.2 Å². The smallest absolute Gasteiger partial charge is 0.340 e. The summed E-state index contributed by atoms with van der Waals surface area (Å²) in [5.74, 6) is -1.05. The second-order valence-electron chi connectivity index (χ2n) is 3.95. The molecule has 0 amide bonds. The van der Waals surface area contributed by atoms with E-state index in [1.807, 2.05) is 6.92 Å². The summed E-state index contributed by atoms with van der Waals surface area (Å²) in [5.41, 5.74) is 2.45. The standard InChI is InChI=1S/C13H13FN2O2S/c1-8(12-6-15-7-19-12)16-11-4-3-9(14)5-10(11)13(17)18-2/h3-8,16H,1-2H3. The van der Waals surface area contributed by atoms with Crippen LogP contribution in [0.3, 0.4) is 0 Å². The first-order chi connectivity index (χ1) is 9.11. The van der Waals surface area contributed by atoms with E-state index in [1.54, 1.807) is 11.7 Å². The SMILES string of the molecule is COC(=O)c1cc(F)ccc1NC(C)c1cncs1. The molecular weight excluding hydrogens is 267 g/mol. The molecule has 2 rings (SSSR count). The van der Waals surface area contributed by atoms with Crippen LogP contribution in [0.2, 0.25) is 0 Å². The van der Waals surface area contributed by atoms with E-state index < -0.39 is 11.8 Å². The van der Waals surface area contributed by atoms with Gasteiger partial charge in [0.05, 0.1) is 24.2 Å². The third-order valence-electron chi connectivity index (χ3n) is 2.64. The highest BCUT2D eigenvalue weighted by Crippen LogP contribution is 2.25. The maximum absolute atomic E-state index is 13.2. The van der Waals surface area contributed by atoms with Gasteiger partial charge in [0, 0.05) is 16.8 Å². The van der Waals surface area contributed by atoms with Gasteiger partial charge in [0.1, 0.15) is 5.82 Å². The van der Waals surface area contributed by atoms with E-state index in [9.17, 15) is 9.18 Å². The number of halogens is 1. The number of hydrogen-bond donors (Lipinski definition) is 1. The van der Waals surface area contributed by atoms with Crippen molar-refractivity contribution in [2.24, 2.45) is 0 Å². The quantitative estimate of drug-likeness (QED) is 0.873. The molecule has 19 heavy (non-hydrogen) atoms. The largest absolute Gasteiger partial charge is 0.465 e. The molecule has 1 aromatic heterocycles. The van der Waals surface area contributed by atoms with Gasteiger partial charge in [-0.3, -0.25) is 4.98 Å². The zero-order valence-electron chi connectivity index (χ0n) is 10.5. The number of rotatable bonds is 4. The fourth-order valence-electron chi connectivity index (χ4n) is 1.67. The van der Waals surface area contributed by atoms with Crippen molar-refractivity contribution in [1.29, 1.82) is 0 Å². The third-order valence-corrected chi connectivity index (χ3v) is 3.60. The minimum absolute atomic E-state index is 0.0265. The molecule has 1 N–H and O–H groups in total. The zero-order chi connectivity index (χ0) is 13.8. The highest BCUT2D eigenvalue weighted by Gasteiger charge is 2.15. The Kier molecular flexibility index (Phi) is 4.11. The van der Waals surface area contributed by atoms with Gasteiger partial charge in [-0.2, -0.15) is 0 Å². The molecule has 0 bridgehead atoms. The van der Waals surface area contributed by atoms with Crippen LogP contribution in [0.5, 0.6) is 0 Å². The Morgan fingerprint density at radius 1 is 1.53 bits per heavy atom. The van der Waals surface area contributed by atoms with Crippen LogP contribution in [-0.2, 0) is 4.74 Å². The third kappa shape index (κ3) is 3.08. The average molecular weight is 280 g/mol. The predicted octanol–water partition coefficient (Wildman–Crippen LogP) is 3.24. The van der Waals surface area contributed by atoms with Crippen molar-refractivity contribution in [1.82, 2.24) is 4.98 Å². The second kappa shape index (κ2) is 5.79. The molecule has 0 aliphatic rings. The molecule has 4 nitrogen and oxygen atoms in total. The molecule has 1 heterocycles. The van der Waals surface area contributed by atoms with Crippen molar-refractivity contribution in [3.8, 4) is 0 Å². The summed E-state index contributed by atoms with van der Waals surface area (Å²) in [6.45, 7) is 1.94. The van der Waals surface area contributed by atoms with Gasteiger partial charge in [-0.05, 0) is 25.1 Å². The maximum Gasteiger partial charge on any atom is 0.340 e. The molecule has 0 saturated carbocycles. The lowest BCUT2D eigenvalue weighted by atomic mass is 10.1. The maximum atomic E-state index is 13.2. The number of nitrogens with zero attached hydrogens (tertiary/aromatic N) is 1. The van der Waals surface area contributed by atoms with Crippen molar-refractivity contribution >= 4 is 23.0 Å². The van der Waals surface area contributed by atoms with E-state index in [4.69, 9.17) is 0 Å². The van der Waals surface area contributed by atoms with Crippen LogP contribution >= 0.6 is 11.3 Å². The Labute approximate surface area is 114 Å². The molecule has 0 spiro atoms. The fraction of sp³-hybridized carbons (Fsp3) is 0.231. The average Bonchev–Trinajstić information content (AvgIpc) is 2.94. The van der Waals surface area contributed by atoms with Gasteiger partial charge >= 0.3 is 5.97 Å². The lowest BCUT2D eigenvalue weighted by molar-refractivity contribution is 0.0601. The van der Waals surface area contributed by atoms with Crippen LogP contribution in [0.15, 0.2) is 29.9 Å². The molecule has 0 saturated heterocycles. The number of carbonyl (C=O) groups is 1. The number of aromatic nitrogens is 1. The van der Waals surface area contributed by atoms with Crippen molar-refractivity contribution in [3.05, 3.63) is 46.2 Å². The lowest BCUT2D eigenvalue weighted by Gasteiger charge is -2.16. The number of carbonyl (C=O) groups excluding carboxylic acids is 1. The number of hydrogen-bond acceptors (Lipinski definition) is 5. The van der Waals surface area contributed by atoms with E-state index in [2.05, 4.69) is 15.0 Å². The monoisotopic (exact) mass is 280 g/mol. The van der Waals surface area contributed by atoms with E-state index in [1.165, 1.54) is 30.6 Å². The Balaban J connectivity index is 2.27. The number of nitrogens with one attached hydrogen (secondary N) is 1. The Morgan fingerprint density at radius 3 is 2.95 bits per heavy atom. The number of anilines is 1. The number of methoxy groups -OCH3 is 1. The van der Waals surface area contributed by atoms with Crippen molar-refractivity contribution in [2.75, 3.05) is 12.4 Å². The predicted molar refractivity (Wildman–Crippen MR) is 71.9 cm³/mol. The van der Waals surface area contributed by atoms with Gasteiger partial charge in [-0.1, -0.05) is 0 Å². The molecule has 100 valence electrons. The molecule has 0 fully saturated rings. The van der Waals surface area contributed by atoms with Gasteiger partial charge < -0.3 is 10.1 Å². The zero-order valence-corrected chi connectivity index (χ0v) is 11.3. The van der Waals surface area contributed by atoms with Gasteiger partial charge in [-0.25, -0.2) is 9.18 Å².